The van der Waals surface area contributed by atoms with Gasteiger partial charge in [0.2, 0.25) is 0 Å². The van der Waals surface area contributed by atoms with E-state index in [1.165, 1.54) is 12.0 Å². The summed E-state index contributed by atoms with van der Waals surface area (Å²) in [6.07, 6.45) is -7.93. The van der Waals surface area contributed by atoms with E-state index >= 15 is 0 Å². The number of esters is 1. The Morgan fingerprint density at radius 1 is 1.00 bits per heavy atom. The standard InChI is InChI=1S/C32H37F6N5O3/c1-19(2)21-7-8-27(45-5)26(13-21)25-9-10-30(3,4)15-22(25)17-42(29-39-41-43(40-29)18-28(44)46-6)16-20-11-23(31(33,34)35)14-24(12-20)32(36,37)38/h7-8,11-14,19H,9-10,15-18H2,1-6H3. The molecule has 1 aliphatic carbocycles. The van der Waals surface area contributed by atoms with Crippen molar-refractivity contribution in [3.63, 3.8) is 0 Å². The molecule has 0 radical (unpaired) electrons. The van der Waals surface area contributed by atoms with Crippen molar-refractivity contribution < 1.29 is 40.6 Å². The number of alkyl halides is 6. The first-order chi connectivity index (χ1) is 21.4. The molecule has 250 valence electrons. The largest absolute Gasteiger partial charge is 0.496 e. The van der Waals surface area contributed by atoms with Crippen LogP contribution in [0, 0.1) is 5.41 Å². The maximum absolute atomic E-state index is 13.7. The number of benzene rings is 2. The van der Waals surface area contributed by atoms with Crippen molar-refractivity contribution >= 4 is 17.5 Å². The number of aromatic nitrogens is 4. The Morgan fingerprint density at radius 2 is 1.65 bits per heavy atom. The minimum atomic E-state index is -5.01. The summed E-state index contributed by atoms with van der Waals surface area (Å²) < 4.78 is 92.8. The third-order valence-corrected chi connectivity index (χ3v) is 8.01. The maximum Gasteiger partial charge on any atom is 0.416 e. The molecule has 1 heterocycles. The third-order valence-electron chi connectivity index (χ3n) is 8.01. The number of tetrazole rings is 1. The molecule has 0 aliphatic heterocycles. The molecule has 46 heavy (non-hydrogen) atoms. The predicted octanol–water partition coefficient (Wildman–Crippen LogP) is 7.69. The molecule has 2 aromatic carbocycles. The number of carbonyl (C=O) groups excluding carboxylic acids is 1. The van der Waals surface area contributed by atoms with Crippen LogP contribution in [0.25, 0.3) is 5.57 Å². The Kier molecular flexibility index (Phi) is 10.1. The van der Waals surface area contributed by atoms with Crippen LogP contribution in [-0.2, 0) is 35.0 Å². The van der Waals surface area contributed by atoms with Crippen molar-refractivity contribution in [1.29, 1.82) is 0 Å². The average molecular weight is 654 g/mol. The average Bonchev–Trinajstić information content (AvgIpc) is 3.43. The highest BCUT2D eigenvalue weighted by atomic mass is 19.4. The smallest absolute Gasteiger partial charge is 0.416 e. The van der Waals surface area contributed by atoms with E-state index in [1.54, 1.807) is 7.11 Å². The van der Waals surface area contributed by atoms with Gasteiger partial charge in [-0.25, -0.2) is 4.79 Å². The predicted molar refractivity (Wildman–Crippen MR) is 159 cm³/mol. The first-order valence-corrected chi connectivity index (χ1v) is 14.7. The molecule has 0 N–H and O–H groups in total. The Labute approximate surface area is 263 Å². The van der Waals surface area contributed by atoms with Crippen LogP contribution in [0.1, 0.15) is 80.7 Å². The SMILES string of the molecule is COC(=O)Cn1nnc(N(CC2=C(c3cc(C(C)C)ccc3OC)CCC(C)(C)C2)Cc2cc(C(F)(F)F)cc(C(F)(F)F)c2)n1. The quantitative estimate of drug-likeness (QED) is 0.164. The van der Waals surface area contributed by atoms with Gasteiger partial charge in [-0.3, -0.25) is 0 Å². The van der Waals surface area contributed by atoms with Crippen LogP contribution in [0.2, 0.25) is 0 Å². The molecule has 0 spiro atoms. The van der Waals surface area contributed by atoms with Gasteiger partial charge in [-0.05, 0) is 88.4 Å². The lowest BCUT2D eigenvalue weighted by Gasteiger charge is -2.36. The summed E-state index contributed by atoms with van der Waals surface area (Å²) in [5.41, 5.74) is 0.599. The van der Waals surface area contributed by atoms with Crippen molar-refractivity contribution in [2.75, 3.05) is 25.7 Å². The van der Waals surface area contributed by atoms with Crippen LogP contribution in [0.3, 0.4) is 0 Å². The minimum Gasteiger partial charge on any atom is -0.496 e. The lowest BCUT2D eigenvalue weighted by Crippen LogP contribution is -2.31. The topological polar surface area (TPSA) is 82.4 Å². The molecule has 8 nitrogen and oxygen atoms in total. The molecule has 0 saturated heterocycles. The summed E-state index contributed by atoms with van der Waals surface area (Å²) in [4.78, 5) is 14.3. The Bertz CT molecular complexity index is 1560. The van der Waals surface area contributed by atoms with Gasteiger partial charge in [0, 0.05) is 18.7 Å². The van der Waals surface area contributed by atoms with Crippen LogP contribution >= 0.6 is 0 Å². The maximum atomic E-state index is 13.7. The molecule has 0 atom stereocenters. The molecule has 3 aromatic rings. The number of allylic oxidation sites excluding steroid dienone is 1. The normalized spacial score (nSPS) is 15.3. The lowest BCUT2D eigenvalue weighted by molar-refractivity contribution is -0.143. The summed E-state index contributed by atoms with van der Waals surface area (Å²) >= 11 is 0. The third kappa shape index (κ3) is 8.38. The number of carbonyl (C=O) groups is 1. The van der Waals surface area contributed by atoms with Gasteiger partial charge in [-0.2, -0.15) is 31.1 Å². The highest BCUT2D eigenvalue weighted by molar-refractivity contribution is 5.75. The highest BCUT2D eigenvalue weighted by Crippen LogP contribution is 2.45. The van der Waals surface area contributed by atoms with Crippen LogP contribution < -0.4 is 9.64 Å². The fraction of sp³-hybridized carbons (Fsp3) is 0.500. The molecular weight excluding hydrogens is 616 g/mol. The molecule has 0 unspecified atom stereocenters. The molecule has 0 amide bonds. The van der Waals surface area contributed by atoms with Crippen molar-refractivity contribution in [1.82, 2.24) is 20.2 Å². The summed E-state index contributed by atoms with van der Waals surface area (Å²) in [5, 5.41) is 12.1. The van der Waals surface area contributed by atoms with E-state index in [1.807, 2.05) is 12.1 Å². The van der Waals surface area contributed by atoms with E-state index in [2.05, 4.69) is 53.9 Å². The van der Waals surface area contributed by atoms with E-state index in [9.17, 15) is 31.1 Å². The molecule has 1 aliphatic rings. The number of halogens is 6. The monoisotopic (exact) mass is 653 g/mol. The number of rotatable bonds is 10. The van der Waals surface area contributed by atoms with Crippen LogP contribution in [-0.4, -0.2) is 46.9 Å². The molecule has 0 bridgehead atoms. The molecule has 4 rings (SSSR count). The van der Waals surface area contributed by atoms with Crippen molar-refractivity contribution in [2.45, 2.75) is 78.3 Å². The van der Waals surface area contributed by atoms with Gasteiger partial charge in [0.1, 0.15) is 5.75 Å². The van der Waals surface area contributed by atoms with Gasteiger partial charge >= 0.3 is 18.3 Å². The fourth-order valence-electron chi connectivity index (χ4n) is 5.58. The number of hydrogen-bond acceptors (Lipinski definition) is 7. The number of anilines is 1. The van der Waals surface area contributed by atoms with E-state index in [0.29, 0.717) is 30.7 Å². The number of hydrogen-bond donors (Lipinski definition) is 0. The number of nitrogens with zero attached hydrogens (tertiary/aromatic N) is 5. The Hall–Kier alpha value is -4.10. The summed E-state index contributed by atoms with van der Waals surface area (Å²) in [6, 6.07) is 7.42. The second kappa shape index (κ2) is 13.3. The second-order valence-electron chi connectivity index (χ2n) is 12.5. The zero-order chi connectivity index (χ0) is 34.0. The Morgan fingerprint density at radius 3 is 2.22 bits per heavy atom. The van der Waals surface area contributed by atoms with Gasteiger partial charge in [0.05, 0.1) is 25.3 Å². The van der Waals surface area contributed by atoms with Crippen molar-refractivity contribution in [2.24, 2.45) is 5.41 Å². The molecule has 0 saturated carbocycles. The van der Waals surface area contributed by atoms with Crippen LogP contribution in [0.15, 0.2) is 42.0 Å². The lowest BCUT2D eigenvalue weighted by atomic mass is 9.72. The van der Waals surface area contributed by atoms with Crippen molar-refractivity contribution in [3.05, 3.63) is 69.8 Å². The molecule has 14 heteroatoms. The molecular formula is C32H37F6N5O3. The van der Waals surface area contributed by atoms with E-state index in [4.69, 9.17) is 4.74 Å². The highest BCUT2D eigenvalue weighted by Gasteiger charge is 2.37. The van der Waals surface area contributed by atoms with E-state index in [-0.39, 0.29) is 42.0 Å². The fourth-order valence-corrected chi connectivity index (χ4v) is 5.58. The number of methoxy groups -OCH3 is 2. The first kappa shape index (κ1) is 34.8. The van der Waals surface area contributed by atoms with E-state index in [0.717, 1.165) is 33.5 Å². The zero-order valence-corrected chi connectivity index (χ0v) is 26.5. The summed E-state index contributed by atoms with van der Waals surface area (Å²) in [5.74, 6) is 0.133. The second-order valence-corrected chi connectivity index (χ2v) is 12.5. The molecule has 0 fully saturated rings. The summed E-state index contributed by atoms with van der Waals surface area (Å²) in [6.45, 7) is 7.61. The number of ether oxygens (including phenoxy) is 2. The van der Waals surface area contributed by atoms with Gasteiger partial charge < -0.3 is 14.4 Å². The zero-order valence-electron chi connectivity index (χ0n) is 26.5. The molecule has 1 aromatic heterocycles. The van der Waals surface area contributed by atoms with Gasteiger partial charge in [-0.1, -0.05) is 38.9 Å². The summed E-state index contributed by atoms with van der Waals surface area (Å²) in [7, 11) is 2.75. The van der Waals surface area contributed by atoms with Crippen LogP contribution in [0.5, 0.6) is 5.75 Å². The van der Waals surface area contributed by atoms with E-state index < -0.39 is 36.0 Å². The van der Waals surface area contributed by atoms with Gasteiger partial charge in [-0.15, -0.1) is 5.10 Å². The van der Waals surface area contributed by atoms with Crippen molar-refractivity contribution in [3.8, 4) is 5.75 Å². The van der Waals surface area contributed by atoms with Gasteiger partial charge in [0.25, 0.3) is 5.95 Å². The Balaban J connectivity index is 1.87. The van der Waals surface area contributed by atoms with Crippen LogP contribution in [0.4, 0.5) is 32.3 Å². The first-order valence-electron chi connectivity index (χ1n) is 14.7. The van der Waals surface area contributed by atoms with Gasteiger partial charge in [0.15, 0.2) is 6.54 Å². The minimum absolute atomic E-state index is 0.0648.